The molecule has 5 nitrogen and oxygen atoms in total. The maximum atomic E-state index is 8.69. The number of ether oxygens (including phenoxy) is 3. The van der Waals surface area contributed by atoms with Gasteiger partial charge in [-0.3, -0.25) is 4.90 Å². The first-order valence-electron chi connectivity index (χ1n) is 4.59. The number of morpholine rings is 1. The Morgan fingerprint density at radius 2 is 2.29 bits per heavy atom. The average molecular weight is 200 g/mol. The van der Waals surface area contributed by atoms with Gasteiger partial charge in [-0.25, -0.2) is 0 Å². The van der Waals surface area contributed by atoms with Gasteiger partial charge in [0.05, 0.1) is 12.7 Å². The number of methoxy groups -OCH3 is 2. The highest BCUT2D eigenvalue weighted by Gasteiger charge is 2.22. The SMILES string of the molecule is COC(CN1CCOC(C#N)C1)OC. The van der Waals surface area contributed by atoms with Gasteiger partial charge in [-0.1, -0.05) is 0 Å². The van der Waals surface area contributed by atoms with Crippen LogP contribution < -0.4 is 0 Å². The molecule has 1 atom stereocenters. The third-order valence-corrected chi connectivity index (χ3v) is 2.23. The number of rotatable bonds is 4. The van der Waals surface area contributed by atoms with Crippen molar-refractivity contribution in [3.8, 4) is 6.07 Å². The van der Waals surface area contributed by atoms with E-state index >= 15 is 0 Å². The van der Waals surface area contributed by atoms with Gasteiger partial charge in [-0.05, 0) is 0 Å². The Hall–Kier alpha value is -0.670. The molecule has 0 spiro atoms. The summed E-state index contributed by atoms with van der Waals surface area (Å²) >= 11 is 0. The second-order valence-electron chi connectivity index (χ2n) is 3.15. The zero-order valence-electron chi connectivity index (χ0n) is 8.60. The van der Waals surface area contributed by atoms with Gasteiger partial charge in [0, 0.05) is 33.9 Å². The van der Waals surface area contributed by atoms with Gasteiger partial charge >= 0.3 is 0 Å². The molecule has 0 aliphatic carbocycles. The van der Waals surface area contributed by atoms with Crippen molar-refractivity contribution in [2.45, 2.75) is 12.4 Å². The van der Waals surface area contributed by atoms with Gasteiger partial charge in [0.15, 0.2) is 12.4 Å². The van der Waals surface area contributed by atoms with Gasteiger partial charge in [0.1, 0.15) is 0 Å². The second kappa shape index (κ2) is 5.94. The fraction of sp³-hybridized carbons (Fsp3) is 0.889. The Morgan fingerprint density at radius 3 is 2.86 bits per heavy atom. The summed E-state index contributed by atoms with van der Waals surface area (Å²) in [5.74, 6) is 0. The van der Waals surface area contributed by atoms with Crippen molar-refractivity contribution >= 4 is 0 Å². The molecule has 0 bridgehead atoms. The number of nitriles is 1. The van der Waals surface area contributed by atoms with E-state index in [1.807, 2.05) is 0 Å². The number of hydrogen-bond donors (Lipinski definition) is 0. The highest BCUT2D eigenvalue weighted by molar-refractivity contribution is 4.89. The maximum absolute atomic E-state index is 8.69. The topological polar surface area (TPSA) is 54.7 Å². The molecule has 1 saturated heterocycles. The van der Waals surface area contributed by atoms with Crippen molar-refractivity contribution in [1.82, 2.24) is 4.90 Å². The lowest BCUT2D eigenvalue weighted by Gasteiger charge is -2.31. The smallest absolute Gasteiger partial charge is 0.169 e. The first kappa shape index (κ1) is 11.4. The van der Waals surface area contributed by atoms with Crippen LogP contribution >= 0.6 is 0 Å². The minimum Gasteiger partial charge on any atom is -0.361 e. The van der Waals surface area contributed by atoms with Gasteiger partial charge in [0.2, 0.25) is 0 Å². The van der Waals surface area contributed by atoms with Crippen LogP contribution in [0.3, 0.4) is 0 Å². The van der Waals surface area contributed by atoms with Crippen LogP contribution in [0.2, 0.25) is 0 Å². The number of nitrogens with zero attached hydrogens (tertiary/aromatic N) is 2. The molecule has 1 unspecified atom stereocenters. The van der Waals surface area contributed by atoms with Crippen molar-refractivity contribution in [3.63, 3.8) is 0 Å². The molecule has 1 rings (SSSR count). The van der Waals surface area contributed by atoms with E-state index in [9.17, 15) is 0 Å². The normalized spacial score (nSPS) is 23.7. The molecule has 0 amide bonds. The standard InChI is InChI=1S/C9H16N2O3/c1-12-9(13-2)7-11-3-4-14-8(5-10)6-11/h8-9H,3-4,6-7H2,1-2H3. The summed E-state index contributed by atoms with van der Waals surface area (Å²) in [5.41, 5.74) is 0. The fourth-order valence-electron chi connectivity index (χ4n) is 1.40. The summed E-state index contributed by atoms with van der Waals surface area (Å²) < 4.78 is 15.4. The molecule has 0 N–H and O–H groups in total. The Balaban J connectivity index is 2.33. The first-order valence-corrected chi connectivity index (χ1v) is 4.59. The fourth-order valence-corrected chi connectivity index (χ4v) is 1.40. The van der Waals surface area contributed by atoms with Crippen LogP contribution in [-0.4, -0.2) is 57.8 Å². The molecule has 0 saturated carbocycles. The van der Waals surface area contributed by atoms with Crippen LogP contribution in [0, 0.1) is 11.3 Å². The zero-order chi connectivity index (χ0) is 10.4. The largest absolute Gasteiger partial charge is 0.361 e. The molecule has 0 aromatic heterocycles. The molecule has 0 aromatic rings. The monoisotopic (exact) mass is 200 g/mol. The first-order chi connectivity index (χ1) is 6.80. The van der Waals surface area contributed by atoms with Crippen molar-refractivity contribution in [2.75, 3.05) is 40.5 Å². The molecule has 5 heteroatoms. The summed E-state index contributed by atoms with van der Waals surface area (Å²) in [6.07, 6.45) is -0.550. The van der Waals surface area contributed by atoms with Crippen LogP contribution in [-0.2, 0) is 14.2 Å². The molecule has 14 heavy (non-hydrogen) atoms. The van der Waals surface area contributed by atoms with E-state index in [-0.39, 0.29) is 12.4 Å². The lowest BCUT2D eigenvalue weighted by Crippen LogP contribution is -2.45. The minimum atomic E-state index is -0.321. The van der Waals surface area contributed by atoms with Gasteiger partial charge in [-0.15, -0.1) is 0 Å². The van der Waals surface area contributed by atoms with Crippen LogP contribution in [0.5, 0.6) is 0 Å². The Morgan fingerprint density at radius 1 is 1.57 bits per heavy atom. The molecule has 1 fully saturated rings. The van der Waals surface area contributed by atoms with Gasteiger partial charge < -0.3 is 14.2 Å². The quantitative estimate of drug-likeness (QED) is 0.590. The second-order valence-corrected chi connectivity index (χ2v) is 3.15. The van der Waals surface area contributed by atoms with Gasteiger partial charge in [0.25, 0.3) is 0 Å². The van der Waals surface area contributed by atoms with Crippen LogP contribution in [0.15, 0.2) is 0 Å². The summed E-state index contributed by atoms with van der Waals surface area (Å²) in [5, 5.41) is 8.69. The molecule has 80 valence electrons. The van der Waals surface area contributed by atoms with Crippen molar-refractivity contribution in [3.05, 3.63) is 0 Å². The Bertz CT molecular complexity index is 201. The van der Waals surface area contributed by atoms with E-state index in [0.717, 1.165) is 6.54 Å². The van der Waals surface area contributed by atoms with Crippen LogP contribution in [0.4, 0.5) is 0 Å². The lowest BCUT2D eigenvalue weighted by molar-refractivity contribution is -0.127. The molecule has 1 aliphatic heterocycles. The van der Waals surface area contributed by atoms with E-state index in [1.54, 1.807) is 14.2 Å². The summed E-state index contributed by atoms with van der Waals surface area (Å²) in [7, 11) is 3.22. The molecule has 1 aliphatic rings. The van der Waals surface area contributed by atoms with E-state index in [1.165, 1.54) is 0 Å². The summed E-state index contributed by atoms with van der Waals surface area (Å²) in [6.45, 7) is 2.72. The summed E-state index contributed by atoms with van der Waals surface area (Å²) in [4.78, 5) is 2.11. The Labute approximate surface area is 84.1 Å². The number of hydrogen-bond acceptors (Lipinski definition) is 5. The molecule has 0 aromatic carbocycles. The van der Waals surface area contributed by atoms with E-state index in [2.05, 4.69) is 11.0 Å². The highest BCUT2D eigenvalue weighted by atomic mass is 16.7. The minimum absolute atomic E-state index is 0.229. The molecular formula is C9H16N2O3. The van der Waals surface area contributed by atoms with Crippen molar-refractivity contribution in [2.24, 2.45) is 0 Å². The van der Waals surface area contributed by atoms with E-state index < -0.39 is 0 Å². The predicted molar refractivity (Wildman–Crippen MR) is 49.6 cm³/mol. The maximum Gasteiger partial charge on any atom is 0.169 e. The predicted octanol–water partition coefficient (Wildman–Crippen LogP) is -0.170. The lowest BCUT2D eigenvalue weighted by atomic mass is 10.3. The highest BCUT2D eigenvalue weighted by Crippen LogP contribution is 2.06. The van der Waals surface area contributed by atoms with Crippen molar-refractivity contribution < 1.29 is 14.2 Å². The Kier molecular flexibility index (Phi) is 4.84. The molecular weight excluding hydrogens is 184 g/mol. The van der Waals surface area contributed by atoms with Gasteiger partial charge in [-0.2, -0.15) is 5.26 Å². The summed E-state index contributed by atoms with van der Waals surface area (Å²) in [6, 6.07) is 2.10. The zero-order valence-corrected chi connectivity index (χ0v) is 8.60. The third kappa shape index (κ3) is 3.24. The third-order valence-electron chi connectivity index (χ3n) is 2.23. The van der Waals surface area contributed by atoms with E-state index in [4.69, 9.17) is 19.5 Å². The molecule has 0 radical (unpaired) electrons. The van der Waals surface area contributed by atoms with E-state index in [0.29, 0.717) is 19.7 Å². The van der Waals surface area contributed by atoms with Crippen molar-refractivity contribution in [1.29, 1.82) is 5.26 Å². The van der Waals surface area contributed by atoms with Crippen LogP contribution in [0.1, 0.15) is 0 Å². The molecule has 1 heterocycles. The average Bonchev–Trinajstić information content (AvgIpc) is 2.26. The van der Waals surface area contributed by atoms with Crippen LogP contribution in [0.25, 0.3) is 0 Å².